The average Bonchev–Trinajstić information content (AvgIpc) is 3.76. The first kappa shape index (κ1) is 42.8. The molecule has 1 heteroatoms. The first-order valence-electron chi connectivity index (χ1n) is 24.9. The van der Waals surface area contributed by atoms with Gasteiger partial charge in [-0.1, -0.05) is 249 Å². The molecule has 0 saturated carbocycles. The van der Waals surface area contributed by atoms with Crippen LogP contribution in [0.5, 0.6) is 0 Å². The van der Waals surface area contributed by atoms with Crippen LogP contribution < -0.4 is 5.32 Å². The molecular weight excluding hydrogens is 867 g/mol. The lowest BCUT2D eigenvalue weighted by molar-refractivity contribution is 0.768. The maximum atomic E-state index is 3.55. The molecule has 0 amide bonds. The zero-order valence-electron chi connectivity index (χ0n) is 39.7. The lowest BCUT2D eigenvalue weighted by Crippen LogP contribution is -2.28. The summed E-state index contributed by atoms with van der Waals surface area (Å²) >= 11 is 0. The summed E-state index contributed by atoms with van der Waals surface area (Å²) in [4.78, 5) is 0. The Morgan fingerprint density at radius 1 is 0.361 bits per heavy atom. The van der Waals surface area contributed by atoms with Gasteiger partial charge in [-0.25, -0.2) is 0 Å². The molecular formula is C71H49N. The fourth-order valence-corrected chi connectivity index (χ4v) is 11.5. The van der Waals surface area contributed by atoms with Crippen molar-refractivity contribution in [3.8, 4) is 33.4 Å². The SMILES string of the molecule is C(=C/c1ccc(-c2ccc3c(c2)-c2ccccc2C3(c2ccccc2)c2ccccc2)cc1)/C(=C\C=C\Nc1ccc(-c2cc3ccccc3c3ccccc23)cc1)c1cc2ccccc2c2ccccc12. The second kappa shape index (κ2) is 18.2. The third kappa shape index (κ3) is 7.42. The molecule has 0 spiro atoms. The molecule has 0 bridgehead atoms. The molecule has 1 N–H and O–H groups in total. The molecule has 0 fully saturated rings. The molecule has 0 radical (unpaired) electrons. The normalized spacial score (nSPS) is 13.1. The minimum Gasteiger partial charge on any atom is -0.362 e. The minimum atomic E-state index is -0.408. The predicted molar refractivity (Wildman–Crippen MR) is 307 cm³/mol. The molecule has 12 aromatic rings. The summed E-state index contributed by atoms with van der Waals surface area (Å²) in [5.74, 6) is 0. The summed E-state index contributed by atoms with van der Waals surface area (Å²) in [6.07, 6.45) is 10.9. The molecule has 0 atom stereocenters. The molecule has 72 heavy (non-hydrogen) atoms. The van der Waals surface area contributed by atoms with Gasteiger partial charge in [0.15, 0.2) is 0 Å². The maximum absolute atomic E-state index is 3.55. The average molecular weight is 916 g/mol. The zero-order chi connectivity index (χ0) is 47.8. The van der Waals surface area contributed by atoms with Crippen LogP contribution in [0.15, 0.2) is 285 Å². The lowest BCUT2D eigenvalue weighted by Gasteiger charge is -2.33. The Labute approximate surface area is 421 Å². The molecule has 338 valence electrons. The van der Waals surface area contributed by atoms with Crippen LogP contribution in [-0.2, 0) is 5.41 Å². The summed E-state index contributed by atoms with van der Waals surface area (Å²) in [6, 6.07) is 95.3. The van der Waals surface area contributed by atoms with E-state index < -0.39 is 5.41 Å². The molecule has 0 aliphatic heterocycles. The fraction of sp³-hybridized carbons (Fsp3) is 0.0141. The van der Waals surface area contributed by atoms with Crippen molar-refractivity contribution in [3.63, 3.8) is 0 Å². The summed E-state index contributed by atoms with van der Waals surface area (Å²) < 4.78 is 0. The van der Waals surface area contributed by atoms with Crippen LogP contribution in [0.4, 0.5) is 5.69 Å². The molecule has 12 aromatic carbocycles. The van der Waals surface area contributed by atoms with Crippen molar-refractivity contribution in [2.75, 3.05) is 5.32 Å². The first-order chi connectivity index (χ1) is 35.7. The van der Waals surface area contributed by atoms with Gasteiger partial charge in [-0.2, -0.15) is 0 Å². The van der Waals surface area contributed by atoms with E-state index in [1.807, 2.05) is 6.20 Å². The van der Waals surface area contributed by atoms with Gasteiger partial charge in [0.05, 0.1) is 5.41 Å². The van der Waals surface area contributed by atoms with Gasteiger partial charge in [0.25, 0.3) is 0 Å². The number of nitrogens with one attached hydrogen (secondary N) is 1. The van der Waals surface area contributed by atoms with Gasteiger partial charge in [0.2, 0.25) is 0 Å². The highest BCUT2D eigenvalue weighted by molar-refractivity contribution is 6.14. The van der Waals surface area contributed by atoms with E-state index in [4.69, 9.17) is 0 Å². The fourth-order valence-electron chi connectivity index (χ4n) is 11.5. The van der Waals surface area contributed by atoms with E-state index in [1.54, 1.807) is 0 Å². The molecule has 13 rings (SSSR count). The van der Waals surface area contributed by atoms with Crippen LogP contribution in [0.3, 0.4) is 0 Å². The van der Waals surface area contributed by atoms with E-state index in [1.165, 1.54) is 104 Å². The topological polar surface area (TPSA) is 12.0 Å². The van der Waals surface area contributed by atoms with E-state index in [0.717, 1.165) is 16.8 Å². The predicted octanol–water partition coefficient (Wildman–Crippen LogP) is 18.7. The molecule has 0 aromatic heterocycles. The number of hydrogen-bond acceptors (Lipinski definition) is 1. The number of rotatable bonds is 10. The van der Waals surface area contributed by atoms with Gasteiger partial charge in [0, 0.05) is 11.9 Å². The lowest BCUT2D eigenvalue weighted by atomic mass is 9.67. The van der Waals surface area contributed by atoms with Gasteiger partial charge < -0.3 is 5.32 Å². The van der Waals surface area contributed by atoms with Crippen molar-refractivity contribution in [1.82, 2.24) is 0 Å². The Hall–Kier alpha value is -9.30. The largest absolute Gasteiger partial charge is 0.362 e. The van der Waals surface area contributed by atoms with Crippen LogP contribution in [-0.4, -0.2) is 0 Å². The van der Waals surface area contributed by atoms with Crippen LogP contribution in [0, 0.1) is 0 Å². The van der Waals surface area contributed by atoms with Gasteiger partial charge in [-0.05, 0) is 152 Å². The number of benzene rings is 12. The van der Waals surface area contributed by atoms with E-state index in [2.05, 4.69) is 290 Å². The Morgan fingerprint density at radius 3 is 1.58 bits per heavy atom. The highest BCUT2D eigenvalue weighted by atomic mass is 14.8. The second-order valence-electron chi connectivity index (χ2n) is 18.8. The smallest absolute Gasteiger partial charge is 0.0713 e. The number of allylic oxidation sites excluding steroid dienone is 4. The number of fused-ring (bicyclic) bond motifs is 9. The quantitative estimate of drug-likeness (QED) is 0.106. The Kier molecular flexibility index (Phi) is 10.8. The second-order valence-corrected chi connectivity index (χ2v) is 18.8. The van der Waals surface area contributed by atoms with Crippen molar-refractivity contribution < 1.29 is 0 Å². The summed E-state index contributed by atoms with van der Waals surface area (Å²) in [7, 11) is 0. The number of anilines is 1. The third-order valence-corrected chi connectivity index (χ3v) is 14.8. The van der Waals surface area contributed by atoms with E-state index in [0.29, 0.717) is 0 Å². The monoisotopic (exact) mass is 915 g/mol. The van der Waals surface area contributed by atoms with Gasteiger partial charge in [-0.15, -0.1) is 0 Å². The van der Waals surface area contributed by atoms with Crippen molar-refractivity contribution in [2.45, 2.75) is 5.41 Å². The maximum Gasteiger partial charge on any atom is 0.0713 e. The highest BCUT2D eigenvalue weighted by Crippen LogP contribution is 2.56. The van der Waals surface area contributed by atoms with E-state index >= 15 is 0 Å². The molecule has 1 aliphatic carbocycles. The Morgan fingerprint density at radius 2 is 0.889 bits per heavy atom. The highest BCUT2D eigenvalue weighted by Gasteiger charge is 2.45. The summed E-state index contributed by atoms with van der Waals surface area (Å²) in [5, 5.41) is 13.6. The zero-order valence-corrected chi connectivity index (χ0v) is 39.7. The van der Waals surface area contributed by atoms with Crippen LogP contribution >= 0.6 is 0 Å². The van der Waals surface area contributed by atoms with Crippen LogP contribution in [0.25, 0.3) is 88.1 Å². The molecule has 1 nitrogen and oxygen atoms in total. The molecule has 0 heterocycles. The van der Waals surface area contributed by atoms with Crippen molar-refractivity contribution in [1.29, 1.82) is 0 Å². The minimum absolute atomic E-state index is 0.408. The van der Waals surface area contributed by atoms with Crippen LogP contribution in [0.1, 0.15) is 33.4 Å². The van der Waals surface area contributed by atoms with E-state index in [9.17, 15) is 0 Å². The van der Waals surface area contributed by atoms with Gasteiger partial charge in [0.1, 0.15) is 0 Å². The molecule has 0 saturated heterocycles. The number of hydrogen-bond donors (Lipinski definition) is 1. The van der Waals surface area contributed by atoms with Gasteiger partial charge in [-0.3, -0.25) is 0 Å². The van der Waals surface area contributed by atoms with E-state index in [-0.39, 0.29) is 0 Å². The van der Waals surface area contributed by atoms with Crippen molar-refractivity contribution >= 4 is 60.4 Å². The Balaban J connectivity index is 0.819. The summed E-state index contributed by atoms with van der Waals surface area (Å²) in [5.41, 5.74) is 16.7. The standard InChI is InChI=1S/C71H49N/c1-3-21-56(22-4-1)71(57-23-5-2-6-24-57)69-32-16-15-31-65(69)68-46-53(41-44-70(68)71)50-36-33-49(34-37-50)35-38-51(66-47-54-18-7-9-25-59(54)61-27-11-13-29-63(61)66)20-17-45-72-58-42-39-52(40-43-58)67-48-55-19-8-10-26-60(55)62-28-12-14-30-64(62)67/h1-48,72H/b38-35-,45-17+,51-20+. The molecule has 1 aliphatic rings. The van der Waals surface area contributed by atoms with Crippen LogP contribution in [0.2, 0.25) is 0 Å². The molecule has 0 unspecified atom stereocenters. The van der Waals surface area contributed by atoms with Gasteiger partial charge >= 0.3 is 0 Å². The third-order valence-electron chi connectivity index (χ3n) is 14.8. The van der Waals surface area contributed by atoms with Crippen molar-refractivity contribution in [3.05, 3.63) is 319 Å². The first-order valence-corrected chi connectivity index (χ1v) is 24.9. The summed E-state index contributed by atoms with van der Waals surface area (Å²) in [6.45, 7) is 0. The van der Waals surface area contributed by atoms with Crippen molar-refractivity contribution in [2.24, 2.45) is 0 Å². The Bertz CT molecular complexity index is 4040.